The maximum Gasteiger partial charge on any atom is 0.183 e. The molecule has 1 aliphatic heterocycles. The lowest BCUT2D eigenvalue weighted by Gasteiger charge is -2.31. The SMILES string of the molecule is CN1CCNCC1C(=O)c1cn(C)c2ccccc12. The fraction of sp³-hybridized carbons (Fsp3) is 0.400. The van der Waals surface area contributed by atoms with E-state index in [-0.39, 0.29) is 11.8 Å². The van der Waals surface area contributed by atoms with E-state index in [1.165, 1.54) is 0 Å². The number of fused-ring (bicyclic) bond motifs is 1. The molecule has 100 valence electrons. The van der Waals surface area contributed by atoms with Crippen LogP contribution in [0.3, 0.4) is 0 Å². The quantitative estimate of drug-likeness (QED) is 0.823. The fourth-order valence-electron chi connectivity index (χ4n) is 2.82. The van der Waals surface area contributed by atoms with Crippen molar-refractivity contribution < 1.29 is 4.79 Å². The van der Waals surface area contributed by atoms with E-state index in [1.807, 2.05) is 43.1 Å². The third-order valence-corrected chi connectivity index (χ3v) is 3.98. The summed E-state index contributed by atoms with van der Waals surface area (Å²) in [7, 11) is 4.01. The normalized spacial score (nSPS) is 20.8. The molecule has 2 aromatic rings. The van der Waals surface area contributed by atoms with Gasteiger partial charge in [0.1, 0.15) is 0 Å². The smallest absolute Gasteiger partial charge is 0.183 e. The number of likely N-dealkylation sites (N-methyl/N-ethyl adjacent to an activating group) is 1. The molecule has 4 heteroatoms. The van der Waals surface area contributed by atoms with Gasteiger partial charge in [-0.2, -0.15) is 0 Å². The number of hydrogen-bond acceptors (Lipinski definition) is 3. The van der Waals surface area contributed by atoms with Gasteiger partial charge in [0, 0.05) is 49.3 Å². The molecule has 1 aromatic carbocycles. The first-order valence-electron chi connectivity index (χ1n) is 6.67. The van der Waals surface area contributed by atoms with Gasteiger partial charge in [0.05, 0.1) is 6.04 Å². The largest absolute Gasteiger partial charge is 0.350 e. The minimum absolute atomic E-state index is 0.0560. The van der Waals surface area contributed by atoms with E-state index in [1.54, 1.807) is 0 Å². The molecular formula is C15H19N3O. The standard InChI is InChI=1S/C15H19N3O/c1-17-8-7-16-9-14(17)15(19)12-10-18(2)13-6-4-3-5-11(12)13/h3-6,10,14,16H,7-9H2,1-2H3. The number of piperazine rings is 1. The zero-order valence-electron chi connectivity index (χ0n) is 11.4. The first-order chi connectivity index (χ1) is 9.18. The summed E-state index contributed by atoms with van der Waals surface area (Å²) >= 11 is 0. The molecule has 0 amide bonds. The Kier molecular flexibility index (Phi) is 3.12. The number of aromatic nitrogens is 1. The number of hydrogen-bond donors (Lipinski definition) is 1. The lowest BCUT2D eigenvalue weighted by atomic mass is 10.0. The van der Waals surface area contributed by atoms with Gasteiger partial charge in [0.2, 0.25) is 0 Å². The van der Waals surface area contributed by atoms with Gasteiger partial charge in [-0.15, -0.1) is 0 Å². The summed E-state index contributed by atoms with van der Waals surface area (Å²) in [6, 6.07) is 8.01. The second-order valence-electron chi connectivity index (χ2n) is 5.24. The first-order valence-corrected chi connectivity index (χ1v) is 6.67. The van der Waals surface area contributed by atoms with Gasteiger partial charge in [0.15, 0.2) is 5.78 Å². The number of nitrogens with zero attached hydrogens (tertiary/aromatic N) is 2. The van der Waals surface area contributed by atoms with Crippen LogP contribution in [0.4, 0.5) is 0 Å². The predicted octanol–water partition coefficient (Wildman–Crippen LogP) is 1.26. The summed E-state index contributed by atoms with van der Waals surface area (Å²) < 4.78 is 2.03. The van der Waals surface area contributed by atoms with Gasteiger partial charge < -0.3 is 9.88 Å². The first kappa shape index (κ1) is 12.4. The Balaban J connectivity index is 2.02. The highest BCUT2D eigenvalue weighted by Crippen LogP contribution is 2.22. The summed E-state index contributed by atoms with van der Waals surface area (Å²) in [5, 5.41) is 4.35. The van der Waals surface area contributed by atoms with Crippen LogP contribution in [0.15, 0.2) is 30.5 Å². The van der Waals surface area contributed by atoms with Gasteiger partial charge >= 0.3 is 0 Å². The van der Waals surface area contributed by atoms with Crippen molar-refractivity contribution in [2.75, 3.05) is 26.7 Å². The predicted molar refractivity (Wildman–Crippen MR) is 76.5 cm³/mol. The van der Waals surface area contributed by atoms with Crippen molar-refractivity contribution in [3.63, 3.8) is 0 Å². The van der Waals surface area contributed by atoms with Gasteiger partial charge in [-0.05, 0) is 13.1 Å². The zero-order chi connectivity index (χ0) is 13.4. The highest BCUT2D eigenvalue weighted by atomic mass is 16.1. The monoisotopic (exact) mass is 257 g/mol. The maximum absolute atomic E-state index is 12.7. The zero-order valence-corrected chi connectivity index (χ0v) is 11.4. The molecule has 1 aliphatic rings. The molecule has 1 N–H and O–H groups in total. The summed E-state index contributed by atoms with van der Waals surface area (Å²) in [6.45, 7) is 2.61. The van der Waals surface area contributed by atoms with Crippen LogP contribution < -0.4 is 5.32 Å². The van der Waals surface area contributed by atoms with E-state index in [9.17, 15) is 4.79 Å². The molecule has 1 unspecified atom stereocenters. The average Bonchev–Trinajstić information content (AvgIpc) is 2.77. The van der Waals surface area contributed by atoms with Gasteiger partial charge in [-0.25, -0.2) is 0 Å². The lowest BCUT2D eigenvalue weighted by Crippen LogP contribution is -2.53. The minimum Gasteiger partial charge on any atom is -0.350 e. The second kappa shape index (κ2) is 4.79. The maximum atomic E-state index is 12.7. The second-order valence-corrected chi connectivity index (χ2v) is 5.24. The third-order valence-electron chi connectivity index (χ3n) is 3.98. The number of nitrogens with one attached hydrogen (secondary N) is 1. The Hall–Kier alpha value is -1.65. The molecule has 1 atom stereocenters. The molecule has 1 saturated heterocycles. The molecule has 0 saturated carbocycles. The highest BCUT2D eigenvalue weighted by Gasteiger charge is 2.28. The number of para-hydroxylation sites is 1. The Bertz CT molecular complexity index is 617. The molecule has 3 rings (SSSR count). The van der Waals surface area contributed by atoms with Crippen molar-refractivity contribution in [2.24, 2.45) is 7.05 Å². The van der Waals surface area contributed by atoms with Crippen LogP contribution in [0.2, 0.25) is 0 Å². The van der Waals surface area contributed by atoms with Crippen LogP contribution in [0.5, 0.6) is 0 Å². The Morgan fingerprint density at radius 1 is 1.32 bits per heavy atom. The van der Waals surface area contributed by atoms with Crippen molar-refractivity contribution in [1.82, 2.24) is 14.8 Å². The number of carbonyl (C=O) groups is 1. The number of rotatable bonds is 2. The van der Waals surface area contributed by atoms with Crippen molar-refractivity contribution in [1.29, 1.82) is 0 Å². The van der Waals surface area contributed by atoms with Crippen molar-refractivity contribution in [3.8, 4) is 0 Å². The van der Waals surface area contributed by atoms with Crippen molar-refractivity contribution in [2.45, 2.75) is 6.04 Å². The molecule has 0 aliphatic carbocycles. The van der Waals surface area contributed by atoms with E-state index in [0.29, 0.717) is 0 Å². The van der Waals surface area contributed by atoms with E-state index in [0.717, 1.165) is 36.1 Å². The number of aryl methyl sites for hydroxylation is 1. The Morgan fingerprint density at radius 3 is 2.89 bits per heavy atom. The van der Waals surface area contributed by atoms with Gasteiger partial charge in [-0.3, -0.25) is 9.69 Å². The molecule has 1 aromatic heterocycles. The van der Waals surface area contributed by atoms with E-state index < -0.39 is 0 Å². The summed E-state index contributed by atoms with van der Waals surface area (Å²) in [5.74, 6) is 0.214. The van der Waals surface area contributed by atoms with Crippen LogP contribution in [-0.4, -0.2) is 48.0 Å². The topological polar surface area (TPSA) is 37.3 Å². The number of carbonyl (C=O) groups excluding carboxylic acids is 1. The molecule has 0 radical (unpaired) electrons. The molecule has 0 spiro atoms. The summed E-state index contributed by atoms with van der Waals surface area (Å²) in [4.78, 5) is 14.9. The van der Waals surface area contributed by atoms with Crippen molar-refractivity contribution in [3.05, 3.63) is 36.0 Å². The molecular weight excluding hydrogens is 238 g/mol. The number of Topliss-reactive ketones (excluding diaryl/α,β-unsaturated/α-hetero) is 1. The summed E-state index contributed by atoms with van der Waals surface area (Å²) in [5.41, 5.74) is 1.94. The van der Waals surface area contributed by atoms with Crippen LogP contribution in [0.25, 0.3) is 10.9 Å². The fourth-order valence-corrected chi connectivity index (χ4v) is 2.82. The van der Waals surface area contributed by atoms with Crippen LogP contribution in [0.1, 0.15) is 10.4 Å². The van der Waals surface area contributed by atoms with Crippen LogP contribution in [-0.2, 0) is 7.05 Å². The molecule has 4 nitrogen and oxygen atoms in total. The van der Waals surface area contributed by atoms with E-state index >= 15 is 0 Å². The van der Waals surface area contributed by atoms with Crippen LogP contribution in [0, 0.1) is 0 Å². The highest BCUT2D eigenvalue weighted by molar-refractivity contribution is 6.10. The van der Waals surface area contributed by atoms with Gasteiger partial charge in [-0.1, -0.05) is 18.2 Å². The van der Waals surface area contributed by atoms with Crippen molar-refractivity contribution >= 4 is 16.7 Å². The average molecular weight is 257 g/mol. The van der Waals surface area contributed by atoms with Gasteiger partial charge in [0.25, 0.3) is 0 Å². The minimum atomic E-state index is -0.0560. The molecule has 2 heterocycles. The number of benzene rings is 1. The Labute approximate surface area is 113 Å². The van der Waals surface area contributed by atoms with E-state index in [2.05, 4.69) is 16.3 Å². The number of ketones is 1. The molecule has 0 bridgehead atoms. The van der Waals surface area contributed by atoms with Crippen LogP contribution >= 0.6 is 0 Å². The molecule has 1 fully saturated rings. The molecule has 19 heavy (non-hydrogen) atoms. The summed E-state index contributed by atoms with van der Waals surface area (Å²) in [6.07, 6.45) is 1.95. The third kappa shape index (κ3) is 2.07. The van der Waals surface area contributed by atoms with E-state index in [4.69, 9.17) is 0 Å². The lowest BCUT2D eigenvalue weighted by molar-refractivity contribution is 0.0821. The Morgan fingerprint density at radius 2 is 2.11 bits per heavy atom.